The van der Waals surface area contributed by atoms with Crippen molar-refractivity contribution in [1.29, 1.82) is 0 Å². The van der Waals surface area contributed by atoms with E-state index in [1.165, 1.54) is 0 Å². The van der Waals surface area contributed by atoms with Crippen LogP contribution >= 0.6 is 0 Å². The van der Waals surface area contributed by atoms with Crippen molar-refractivity contribution >= 4 is 12.3 Å². The second-order valence-corrected chi connectivity index (χ2v) is 2.35. The largest absolute Gasteiger partial charge is 0.508 e. The van der Waals surface area contributed by atoms with E-state index < -0.39 is 17.3 Å². The summed E-state index contributed by atoms with van der Waals surface area (Å²) >= 11 is 0. The zero-order valence-corrected chi connectivity index (χ0v) is 6.39. The topological polar surface area (TPSA) is 94.8 Å². The van der Waals surface area contributed by atoms with Crippen molar-refractivity contribution in [1.82, 2.24) is 0 Å². The molecule has 0 aliphatic heterocycles. The molecule has 0 amide bonds. The molecule has 68 valence electrons. The maximum Gasteiger partial charge on any atom is 0.339 e. The minimum absolute atomic E-state index is 0.252. The van der Waals surface area contributed by atoms with Gasteiger partial charge in [-0.15, -0.1) is 0 Å². The molecule has 0 aromatic heterocycles. The molecular formula is C8H6O5. The Bertz CT molecular complexity index is 369. The molecule has 13 heavy (non-hydrogen) atoms. The lowest BCUT2D eigenvalue weighted by molar-refractivity contribution is 0.0693. The Morgan fingerprint density at radius 2 is 1.92 bits per heavy atom. The van der Waals surface area contributed by atoms with Crippen LogP contribution in [0.15, 0.2) is 12.1 Å². The van der Waals surface area contributed by atoms with Crippen LogP contribution in [0, 0.1) is 0 Å². The third kappa shape index (κ3) is 1.58. The molecule has 0 heterocycles. The quantitative estimate of drug-likeness (QED) is 0.460. The number of phenolic OH excluding ortho intramolecular Hbond substituents is 1. The number of aromatic carboxylic acids is 1. The Balaban J connectivity index is 3.44. The zero-order chi connectivity index (χ0) is 10.0. The number of hydrogen-bond donors (Lipinski definition) is 3. The highest BCUT2D eigenvalue weighted by Crippen LogP contribution is 2.26. The van der Waals surface area contributed by atoms with Gasteiger partial charge in [-0.25, -0.2) is 4.79 Å². The highest BCUT2D eigenvalue weighted by atomic mass is 16.4. The molecule has 5 nitrogen and oxygen atoms in total. The average molecular weight is 182 g/mol. The number of phenols is 2. The van der Waals surface area contributed by atoms with Crippen molar-refractivity contribution < 1.29 is 24.9 Å². The minimum atomic E-state index is -1.41. The van der Waals surface area contributed by atoms with Crippen molar-refractivity contribution in [2.24, 2.45) is 0 Å². The van der Waals surface area contributed by atoms with E-state index in [-0.39, 0.29) is 17.6 Å². The number of carboxylic acids is 1. The van der Waals surface area contributed by atoms with Gasteiger partial charge in [-0.1, -0.05) is 0 Å². The molecule has 0 unspecified atom stereocenters. The van der Waals surface area contributed by atoms with Crippen molar-refractivity contribution in [2.45, 2.75) is 0 Å². The summed E-state index contributed by atoms with van der Waals surface area (Å²) < 4.78 is 0. The summed E-state index contributed by atoms with van der Waals surface area (Å²) in [6, 6.07) is 1.85. The SMILES string of the molecule is O=Cc1cc(O)cc(C(=O)O)c1O. The summed E-state index contributed by atoms with van der Waals surface area (Å²) in [6.45, 7) is 0. The van der Waals surface area contributed by atoms with E-state index in [4.69, 9.17) is 15.3 Å². The highest BCUT2D eigenvalue weighted by molar-refractivity contribution is 5.95. The van der Waals surface area contributed by atoms with Crippen LogP contribution in [-0.2, 0) is 0 Å². The molecule has 0 saturated carbocycles. The lowest BCUT2D eigenvalue weighted by atomic mass is 10.1. The molecule has 0 bridgehead atoms. The first-order valence-electron chi connectivity index (χ1n) is 3.30. The third-order valence-corrected chi connectivity index (χ3v) is 1.48. The molecule has 0 spiro atoms. The van der Waals surface area contributed by atoms with E-state index in [0.29, 0.717) is 0 Å². The molecule has 1 aromatic carbocycles. The van der Waals surface area contributed by atoms with Gasteiger partial charge in [-0.05, 0) is 12.1 Å². The van der Waals surface area contributed by atoms with Gasteiger partial charge < -0.3 is 15.3 Å². The summed E-state index contributed by atoms with van der Waals surface area (Å²) in [5.41, 5.74) is -0.750. The Labute approximate surface area is 72.9 Å². The smallest absolute Gasteiger partial charge is 0.339 e. The molecule has 0 aliphatic carbocycles. The number of aromatic hydroxyl groups is 2. The predicted molar refractivity (Wildman–Crippen MR) is 42.1 cm³/mol. The first-order valence-corrected chi connectivity index (χ1v) is 3.30. The lowest BCUT2D eigenvalue weighted by Crippen LogP contribution is -1.98. The van der Waals surface area contributed by atoms with Crippen LogP contribution in [0.5, 0.6) is 11.5 Å². The maximum absolute atomic E-state index is 10.5. The Morgan fingerprint density at radius 3 is 2.38 bits per heavy atom. The van der Waals surface area contributed by atoms with E-state index in [1.54, 1.807) is 0 Å². The molecule has 3 N–H and O–H groups in total. The van der Waals surface area contributed by atoms with Gasteiger partial charge in [-0.3, -0.25) is 4.79 Å². The second kappa shape index (κ2) is 3.14. The van der Waals surface area contributed by atoms with Gasteiger partial charge in [0.1, 0.15) is 17.1 Å². The molecule has 0 saturated heterocycles. The average Bonchev–Trinajstić information content (AvgIpc) is 2.08. The number of benzene rings is 1. The normalized spacial score (nSPS) is 9.54. The summed E-state index contributed by atoms with van der Waals surface area (Å²) in [4.78, 5) is 20.7. The van der Waals surface area contributed by atoms with Crippen molar-refractivity contribution in [3.05, 3.63) is 23.3 Å². The summed E-state index contributed by atoms with van der Waals surface area (Å²) in [7, 11) is 0. The van der Waals surface area contributed by atoms with Crippen LogP contribution in [0.4, 0.5) is 0 Å². The fourth-order valence-corrected chi connectivity index (χ4v) is 0.894. The Hall–Kier alpha value is -2.04. The van der Waals surface area contributed by atoms with Crippen LogP contribution < -0.4 is 0 Å². The van der Waals surface area contributed by atoms with Gasteiger partial charge in [0, 0.05) is 0 Å². The van der Waals surface area contributed by atoms with E-state index in [2.05, 4.69) is 0 Å². The van der Waals surface area contributed by atoms with E-state index in [1.807, 2.05) is 0 Å². The summed E-state index contributed by atoms with van der Waals surface area (Å²) in [6.07, 6.45) is 0.265. The first-order chi connectivity index (χ1) is 6.06. The monoisotopic (exact) mass is 182 g/mol. The zero-order valence-electron chi connectivity index (χ0n) is 6.39. The highest BCUT2D eigenvalue weighted by Gasteiger charge is 2.14. The van der Waals surface area contributed by atoms with Crippen LogP contribution in [-0.4, -0.2) is 27.6 Å². The van der Waals surface area contributed by atoms with Crippen molar-refractivity contribution in [2.75, 3.05) is 0 Å². The fraction of sp³-hybridized carbons (Fsp3) is 0. The number of carbonyl (C=O) groups is 2. The fourth-order valence-electron chi connectivity index (χ4n) is 0.894. The van der Waals surface area contributed by atoms with E-state index in [0.717, 1.165) is 12.1 Å². The molecule has 1 aromatic rings. The maximum atomic E-state index is 10.5. The number of aldehydes is 1. The second-order valence-electron chi connectivity index (χ2n) is 2.35. The van der Waals surface area contributed by atoms with E-state index >= 15 is 0 Å². The van der Waals surface area contributed by atoms with Gasteiger partial charge in [0.15, 0.2) is 6.29 Å². The van der Waals surface area contributed by atoms with Crippen LogP contribution in [0.1, 0.15) is 20.7 Å². The Morgan fingerprint density at radius 1 is 1.31 bits per heavy atom. The van der Waals surface area contributed by atoms with Gasteiger partial charge in [0.25, 0.3) is 0 Å². The lowest BCUT2D eigenvalue weighted by Gasteiger charge is -2.02. The van der Waals surface area contributed by atoms with Crippen LogP contribution in [0.3, 0.4) is 0 Å². The molecule has 0 atom stereocenters. The molecule has 0 fully saturated rings. The predicted octanol–water partition coefficient (Wildman–Crippen LogP) is 0.609. The standard InChI is InChI=1S/C8H6O5/c9-3-4-1-5(10)2-6(7(4)11)8(12)13/h1-3,10-11H,(H,12,13). The van der Waals surface area contributed by atoms with Crippen molar-refractivity contribution in [3.63, 3.8) is 0 Å². The van der Waals surface area contributed by atoms with Gasteiger partial charge >= 0.3 is 5.97 Å². The number of rotatable bonds is 2. The van der Waals surface area contributed by atoms with Crippen LogP contribution in [0.25, 0.3) is 0 Å². The number of carboxylic acid groups (broad SMARTS) is 1. The molecular weight excluding hydrogens is 176 g/mol. The van der Waals surface area contributed by atoms with Gasteiger partial charge in [0.05, 0.1) is 5.56 Å². The minimum Gasteiger partial charge on any atom is -0.508 e. The van der Waals surface area contributed by atoms with Crippen LogP contribution in [0.2, 0.25) is 0 Å². The molecule has 0 aliphatic rings. The third-order valence-electron chi connectivity index (χ3n) is 1.48. The molecule has 5 heteroatoms. The van der Waals surface area contributed by atoms with Gasteiger partial charge in [0.2, 0.25) is 0 Å². The Kier molecular flexibility index (Phi) is 2.19. The number of hydrogen-bond acceptors (Lipinski definition) is 4. The van der Waals surface area contributed by atoms with Gasteiger partial charge in [-0.2, -0.15) is 0 Å². The number of carbonyl (C=O) groups excluding carboxylic acids is 1. The molecule has 0 radical (unpaired) electrons. The first kappa shape index (κ1) is 9.05. The van der Waals surface area contributed by atoms with E-state index in [9.17, 15) is 9.59 Å². The van der Waals surface area contributed by atoms with Crippen molar-refractivity contribution in [3.8, 4) is 11.5 Å². The summed E-state index contributed by atoms with van der Waals surface area (Å²) in [5, 5.41) is 26.6. The summed E-state index contributed by atoms with van der Waals surface area (Å²) in [5.74, 6) is -2.42. The molecule has 1 rings (SSSR count).